The predicted molar refractivity (Wildman–Crippen MR) is 61.4 cm³/mol. The Morgan fingerprint density at radius 3 is 2.38 bits per heavy atom. The molecule has 0 saturated heterocycles. The molecule has 0 bridgehead atoms. The van der Waals surface area contributed by atoms with Crippen LogP contribution >= 0.6 is 0 Å². The Morgan fingerprint density at radius 2 is 1.94 bits per heavy atom. The fourth-order valence-corrected chi connectivity index (χ4v) is 2.16. The number of hydrogen-bond donors (Lipinski definition) is 2. The molecule has 1 aromatic rings. The topological polar surface area (TPSA) is 68.3 Å². The van der Waals surface area contributed by atoms with E-state index in [1.165, 1.54) is 0 Å². The second kappa shape index (κ2) is 3.94. The first kappa shape index (κ1) is 11.2. The summed E-state index contributed by atoms with van der Waals surface area (Å²) in [7, 11) is 0. The molecule has 1 aromatic heterocycles. The number of hydrogen-bond acceptors (Lipinski definition) is 3. The fraction of sp³-hybridized carbons (Fsp3) is 0.583. The lowest BCUT2D eigenvalue weighted by molar-refractivity contribution is 0.0908. The smallest absolute Gasteiger partial charge is 0.255 e. The van der Waals surface area contributed by atoms with Crippen LogP contribution in [0.4, 0.5) is 0 Å². The summed E-state index contributed by atoms with van der Waals surface area (Å²) in [6, 6.07) is 0.482. The van der Waals surface area contributed by atoms with E-state index < -0.39 is 0 Å². The van der Waals surface area contributed by atoms with Crippen molar-refractivity contribution in [2.45, 2.75) is 45.7 Å². The van der Waals surface area contributed by atoms with E-state index in [1.807, 2.05) is 20.8 Å². The molecular weight excluding hydrogens is 204 g/mol. The maximum atomic E-state index is 12.0. The molecule has 16 heavy (non-hydrogen) atoms. The highest BCUT2D eigenvalue weighted by Gasteiger charge is 2.29. The summed E-state index contributed by atoms with van der Waals surface area (Å²) >= 11 is 0. The molecule has 3 N–H and O–H groups in total. The van der Waals surface area contributed by atoms with Crippen molar-refractivity contribution in [1.29, 1.82) is 0 Å². The summed E-state index contributed by atoms with van der Waals surface area (Å²) in [5, 5.41) is 2.98. The van der Waals surface area contributed by atoms with Crippen molar-refractivity contribution in [2.75, 3.05) is 0 Å². The molecular formula is C12H18N2O2. The van der Waals surface area contributed by atoms with Crippen LogP contribution in [0.25, 0.3) is 0 Å². The van der Waals surface area contributed by atoms with E-state index >= 15 is 0 Å². The van der Waals surface area contributed by atoms with Gasteiger partial charge >= 0.3 is 0 Å². The number of furan rings is 1. The maximum absolute atomic E-state index is 12.0. The van der Waals surface area contributed by atoms with Gasteiger partial charge in [0.15, 0.2) is 0 Å². The Kier molecular flexibility index (Phi) is 2.76. The Hall–Kier alpha value is -1.29. The van der Waals surface area contributed by atoms with Crippen molar-refractivity contribution in [3.05, 3.63) is 22.6 Å². The SMILES string of the molecule is Cc1oc(C)c(C(=O)NC2CC(N)C2)c1C. The van der Waals surface area contributed by atoms with E-state index in [4.69, 9.17) is 10.2 Å². The van der Waals surface area contributed by atoms with Crippen LogP contribution in [0.1, 0.15) is 40.3 Å². The zero-order chi connectivity index (χ0) is 11.9. The standard InChI is InChI=1S/C12H18N2O2/c1-6-7(2)16-8(3)11(6)12(15)14-10-4-9(13)5-10/h9-10H,4-5,13H2,1-3H3,(H,14,15). The van der Waals surface area contributed by atoms with Gasteiger partial charge in [-0.1, -0.05) is 0 Å². The Labute approximate surface area is 95.2 Å². The van der Waals surface area contributed by atoms with Crippen molar-refractivity contribution in [2.24, 2.45) is 5.73 Å². The molecule has 2 rings (SSSR count). The largest absolute Gasteiger partial charge is 0.466 e. The van der Waals surface area contributed by atoms with Crippen LogP contribution in [0.15, 0.2) is 4.42 Å². The van der Waals surface area contributed by atoms with E-state index in [0.29, 0.717) is 11.3 Å². The van der Waals surface area contributed by atoms with Crippen LogP contribution in [0.3, 0.4) is 0 Å². The molecule has 0 spiro atoms. The van der Waals surface area contributed by atoms with Crippen molar-refractivity contribution in [1.82, 2.24) is 5.32 Å². The van der Waals surface area contributed by atoms with E-state index in [0.717, 1.165) is 24.2 Å². The van der Waals surface area contributed by atoms with Gasteiger partial charge < -0.3 is 15.5 Å². The van der Waals surface area contributed by atoms with E-state index in [9.17, 15) is 4.79 Å². The van der Waals surface area contributed by atoms with Crippen LogP contribution in [0.2, 0.25) is 0 Å². The highest BCUT2D eigenvalue weighted by molar-refractivity contribution is 5.97. The van der Waals surface area contributed by atoms with Gasteiger partial charge in [-0.25, -0.2) is 0 Å². The van der Waals surface area contributed by atoms with Gasteiger partial charge in [0.25, 0.3) is 5.91 Å². The van der Waals surface area contributed by atoms with Gasteiger partial charge in [-0.15, -0.1) is 0 Å². The number of rotatable bonds is 2. The molecule has 88 valence electrons. The molecule has 1 amide bonds. The number of aryl methyl sites for hydroxylation is 2. The molecule has 0 radical (unpaired) electrons. The molecule has 1 heterocycles. The van der Waals surface area contributed by atoms with Crippen LogP contribution in [-0.2, 0) is 0 Å². The Balaban J connectivity index is 2.09. The first-order valence-electron chi connectivity index (χ1n) is 5.62. The van der Waals surface area contributed by atoms with E-state index in [-0.39, 0.29) is 18.0 Å². The lowest BCUT2D eigenvalue weighted by Crippen LogP contribution is -2.50. The third-order valence-corrected chi connectivity index (χ3v) is 3.30. The molecule has 0 aliphatic heterocycles. The van der Waals surface area contributed by atoms with Gasteiger partial charge in [0.2, 0.25) is 0 Å². The Morgan fingerprint density at radius 1 is 1.31 bits per heavy atom. The molecule has 0 unspecified atom stereocenters. The minimum absolute atomic E-state index is 0.0382. The average molecular weight is 222 g/mol. The molecule has 0 atom stereocenters. The van der Waals surface area contributed by atoms with Crippen molar-refractivity contribution >= 4 is 5.91 Å². The van der Waals surface area contributed by atoms with Crippen molar-refractivity contribution < 1.29 is 9.21 Å². The maximum Gasteiger partial charge on any atom is 0.255 e. The third kappa shape index (κ3) is 1.85. The summed E-state index contributed by atoms with van der Waals surface area (Å²) in [5.74, 6) is 1.47. The van der Waals surface area contributed by atoms with Crippen molar-refractivity contribution in [3.63, 3.8) is 0 Å². The highest BCUT2D eigenvalue weighted by atomic mass is 16.3. The second-order valence-corrected chi connectivity index (χ2v) is 4.62. The van der Waals surface area contributed by atoms with Gasteiger partial charge in [0, 0.05) is 17.6 Å². The quantitative estimate of drug-likeness (QED) is 0.795. The van der Waals surface area contributed by atoms with Gasteiger partial charge in [-0.05, 0) is 33.6 Å². The van der Waals surface area contributed by atoms with Crippen LogP contribution in [0, 0.1) is 20.8 Å². The number of carbonyl (C=O) groups is 1. The summed E-state index contributed by atoms with van der Waals surface area (Å²) in [4.78, 5) is 12.0. The molecule has 4 nitrogen and oxygen atoms in total. The molecule has 4 heteroatoms. The van der Waals surface area contributed by atoms with Crippen LogP contribution < -0.4 is 11.1 Å². The number of nitrogens with one attached hydrogen (secondary N) is 1. The normalized spacial score (nSPS) is 24.0. The fourth-order valence-electron chi connectivity index (χ4n) is 2.16. The van der Waals surface area contributed by atoms with Crippen molar-refractivity contribution in [3.8, 4) is 0 Å². The van der Waals surface area contributed by atoms with Gasteiger partial charge in [-0.3, -0.25) is 4.79 Å². The minimum atomic E-state index is -0.0382. The van der Waals surface area contributed by atoms with E-state index in [2.05, 4.69) is 5.32 Å². The second-order valence-electron chi connectivity index (χ2n) is 4.62. The van der Waals surface area contributed by atoms with E-state index in [1.54, 1.807) is 0 Å². The van der Waals surface area contributed by atoms with Gasteiger partial charge in [0.1, 0.15) is 11.5 Å². The summed E-state index contributed by atoms with van der Waals surface area (Å²) in [5.41, 5.74) is 7.29. The summed E-state index contributed by atoms with van der Waals surface area (Å²) < 4.78 is 5.44. The number of nitrogens with two attached hydrogens (primary N) is 1. The number of amides is 1. The zero-order valence-corrected chi connectivity index (χ0v) is 9.96. The summed E-state index contributed by atoms with van der Waals surface area (Å²) in [6.07, 6.45) is 1.75. The molecule has 1 fully saturated rings. The zero-order valence-electron chi connectivity index (χ0n) is 9.96. The van der Waals surface area contributed by atoms with Gasteiger partial charge in [0.05, 0.1) is 5.56 Å². The average Bonchev–Trinajstić information content (AvgIpc) is 2.38. The van der Waals surface area contributed by atoms with Gasteiger partial charge in [-0.2, -0.15) is 0 Å². The molecule has 1 aliphatic carbocycles. The first-order valence-corrected chi connectivity index (χ1v) is 5.62. The Bertz CT molecular complexity index is 417. The minimum Gasteiger partial charge on any atom is -0.466 e. The number of carbonyl (C=O) groups excluding carboxylic acids is 1. The monoisotopic (exact) mass is 222 g/mol. The third-order valence-electron chi connectivity index (χ3n) is 3.30. The van der Waals surface area contributed by atoms with Crippen LogP contribution in [-0.4, -0.2) is 18.0 Å². The molecule has 1 aliphatic rings. The summed E-state index contributed by atoms with van der Waals surface area (Å²) in [6.45, 7) is 5.60. The molecule has 0 aromatic carbocycles. The van der Waals surface area contributed by atoms with Crippen LogP contribution in [0.5, 0.6) is 0 Å². The lowest BCUT2D eigenvalue weighted by atomic mass is 9.87. The predicted octanol–water partition coefficient (Wildman–Crippen LogP) is 1.42. The lowest BCUT2D eigenvalue weighted by Gasteiger charge is -2.32. The molecule has 1 saturated carbocycles. The highest BCUT2D eigenvalue weighted by Crippen LogP contribution is 2.23. The first-order chi connectivity index (χ1) is 7.49.